The molecule has 2 N–H and O–H groups in total. The first kappa shape index (κ1) is 16.2. The van der Waals surface area contributed by atoms with Gasteiger partial charge < -0.3 is 5.73 Å². The van der Waals surface area contributed by atoms with Crippen LogP contribution in [0, 0.1) is 11.3 Å². The van der Waals surface area contributed by atoms with Gasteiger partial charge in [-0.05, 0) is 32.4 Å². The van der Waals surface area contributed by atoms with E-state index >= 15 is 0 Å². The Balaban J connectivity index is 3.11. The summed E-state index contributed by atoms with van der Waals surface area (Å²) in [5, 5.41) is 8.83. The number of benzene rings is 1. The predicted molar refractivity (Wildman–Crippen MR) is 82.6 cm³/mol. The summed E-state index contributed by atoms with van der Waals surface area (Å²) in [6, 6.07) is 10.8. The molecule has 0 spiro atoms. The predicted octanol–water partition coefficient (Wildman–Crippen LogP) is 3.46. The Morgan fingerprint density at radius 3 is 2.42 bits per heavy atom. The van der Waals surface area contributed by atoms with Crippen LogP contribution in [0.3, 0.4) is 0 Å². The van der Waals surface area contributed by atoms with Gasteiger partial charge in [0.1, 0.15) is 0 Å². The Labute approximate surface area is 124 Å². The molecule has 0 saturated heterocycles. The van der Waals surface area contributed by atoms with Crippen molar-refractivity contribution in [1.82, 2.24) is 4.90 Å². The van der Waals surface area contributed by atoms with Crippen molar-refractivity contribution in [3.8, 4) is 6.07 Å². The number of nitriles is 1. The van der Waals surface area contributed by atoms with Crippen molar-refractivity contribution in [3.63, 3.8) is 0 Å². The fourth-order valence-corrected chi connectivity index (χ4v) is 2.90. The summed E-state index contributed by atoms with van der Waals surface area (Å²) in [7, 11) is 0. The third kappa shape index (κ3) is 4.31. The maximum absolute atomic E-state index is 8.83. The van der Waals surface area contributed by atoms with Gasteiger partial charge in [0.25, 0.3) is 0 Å². The van der Waals surface area contributed by atoms with Crippen LogP contribution in [0.1, 0.15) is 38.8 Å². The highest BCUT2D eigenvalue weighted by molar-refractivity contribution is 9.10. The third-order valence-corrected chi connectivity index (χ3v) is 3.95. The van der Waals surface area contributed by atoms with Crippen molar-refractivity contribution < 1.29 is 0 Å². The number of nitrogens with two attached hydrogens (primary N) is 1. The molecular weight excluding hydrogens is 302 g/mol. The molecule has 104 valence electrons. The summed E-state index contributed by atoms with van der Waals surface area (Å²) < 4.78 is 1.07. The molecule has 2 atom stereocenters. The van der Waals surface area contributed by atoms with E-state index in [1.807, 2.05) is 25.1 Å². The van der Waals surface area contributed by atoms with Gasteiger partial charge in [0.2, 0.25) is 0 Å². The van der Waals surface area contributed by atoms with Gasteiger partial charge in [-0.1, -0.05) is 34.1 Å². The van der Waals surface area contributed by atoms with E-state index in [0.717, 1.165) is 11.0 Å². The molecule has 19 heavy (non-hydrogen) atoms. The SMILES string of the molecule is CC(N)C(c1ccccc1Br)N(CCC#N)C(C)C. The fraction of sp³-hybridized carbons (Fsp3) is 0.533. The maximum atomic E-state index is 8.83. The van der Waals surface area contributed by atoms with Crippen molar-refractivity contribution in [2.45, 2.75) is 45.3 Å². The van der Waals surface area contributed by atoms with Gasteiger partial charge in [-0.3, -0.25) is 4.90 Å². The second-order valence-corrected chi connectivity index (χ2v) is 5.92. The maximum Gasteiger partial charge on any atom is 0.0635 e. The fourth-order valence-electron chi connectivity index (χ4n) is 2.38. The Morgan fingerprint density at radius 1 is 1.32 bits per heavy atom. The summed E-state index contributed by atoms with van der Waals surface area (Å²) >= 11 is 3.60. The quantitative estimate of drug-likeness (QED) is 0.872. The molecule has 1 aromatic carbocycles. The number of hydrogen-bond donors (Lipinski definition) is 1. The Bertz CT molecular complexity index is 437. The highest BCUT2D eigenvalue weighted by Gasteiger charge is 2.27. The average Bonchev–Trinajstić information content (AvgIpc) is 2.35. The minimum Gasteiger partial charge on any atom is -0.326 e. The van der Waals surface area contributed by atoms with Gasteiger partial charge in [0, 0.05) is 29.5 Å². The smallest absolute Gasteiger partial charge is 0.0635 e. The van der Waals surface area contributed by atoms with Crippen LogP contribution in [0.5, 0.6) is 0 Å². The van der Waals surface area contributed by atoms with Crippen LogP contribution in [-0.4, -0.2) is 23.5 Å². The van der Waals surface area contributed by atoms with Crippen LogP contribution in [0.2, 0.25) is 0 Å². The summed E-state index contributed by atoms with van der Waals surface area (Å²) in [5.41, 5.74) is 7.39. The molecule has 0 saturated carbocycles. The molecule has 0 bridgehead atoms. The third-order valence-electron chi connectivity index (χ3n) is 3.22. The van der Waals surface area contributed by atoms with E-state index in [9.17, 15) is 0 Å². The van der Waals surface area contributed by atoms with E-state index in [4.69, 9.17) is 11.0 Å². The van der Waals surface area contributed by atoms with E-state index in [0.29, 0.717) is 12.5 Å². The largest absolute Gasteiger partial charge is 0.326 e. The number of halogens is 1. The highest BCUT2D eigenvalue weighted by atomic mass is 79.9. The van der Waals surface area contributed by atoms with Crippen LogP contribution in [0.4, 0.5) is 0 Å². The monoisotopic (exact) mass is 323 g/mol. The van der Waals surface area contributed by atoms with Crippen molar-refractivity contribution >= 4 is 15.9 Å². The van der Waals surface area contributed by atoms with Crippen molar-refractivity contribution in [2.24, 2.45) is 5.73 Å². The standard InChI is InChI=1S/C15H22BrN3/c1-11(2)19(10-6-9-17)15(12(3)18)13-7-4-5-8-14(13)16/h4-5,7-8,11-12,15H,6,10,18H2,1-3H3. The lowest BCUT2D eigenvalue weighted by atomic mass is 9.97. The normalized spacial score (nSPS) is 14.4. The van der Waals surface area contributed by atoms with Crippen LogP contribution < -0.4 is 5.73 Å². The van der Waals surface area contributed by atoms with Crippen molar-refractivity contribution in [3.05, 3.63) is 34.3 Å². The molecular formula is C15H22BrN3. The van der Waals surface area contributed by atoms with Gasteiger partial charge in [-0.2, -0.15) is 5.26 Å². The minimum absolute atomic E-state index is 0.000192. The van der Waals surface area contributed by atoms with Crippen molar-refractivity contribution in [2.75, 3.05) is 6.54 Å². The number of rotatable bonds is 6. The molecule has 0 aliphatic carbocycles. The van der Waals surface area contributed by atoms with E-state index in [1.54, 1.807) is 0 Å². The van der Waals surface area contributed by atoms with E-state index in [-0.39, 0.29) is 12.1 Å². The first-order valence-electron chi connectivity index (χ1n) is 6.61. The zero-order chi connectivity index (χ0) is 14.4. The van der Waals surface area contributed by atoms with Crippen LogP contribution in [-0.2, 0) is 0 Å². The zero-order valence-corrected chi connectivity index (χ0v) is 13.4. The molecule has 0 aromatic heterocycles. The molecule has 4 heteroatoms. The molecule has 0 heterocycles. The highest BCUT2D eigenvalue weighted by Crippen LogP contribution is 2.31. The van der Waals surface area contributed by atoms with E-state index < -0.39 is 0 Å². The van der Waals surface area contributed by atoms with Gasteiger partial charge in [-0.25, -0.2) is 0 Å². The Morgan fingerprint density at radius 2 is 1.95 bits per heavy atom. The van der Waals surface area contributed by atoms with Crippen LogP contribution in [0.15, 0.2) is 28.7 Å². The van der Waals surface area contributed by atoms with E-state index in [1.165, 1.54) is 5.56 Å². The molecule has 0 amide bonds. The van der Waals surface area contributed by atoms with E-state index in [2.05, 4.69) is 46.8 Å². The van der Waals surface area contributed by atoms with Crippen LogP contribution >= 0.6 is 15.9 Å². The molecule has 0 fully saturated rings. The molecule has 2 unspecified atom stereocenters. The second kappa shape index (κ2) is 7.64. The first-order valence-corrected chi connectivity index (χ1v) is 7.41. The summed E-state index contributed by atoms with van der Waals surface area (Å²) in [5.74, 6) is 0. The zero-order valence-electron chi connectivity index (χ0n) is 11.8. The summed E-state index contributed by atoms with van der Waals surface area (Å²) in [6.07, 6.45) is 0.520. The lowest BCUT2D eigenvalue weighted by Gasteiger charge is -2.37. The average molecular weight is 324 g/mol. The molecule has 1 aromatic rings. The second-order valence-electron chi connectivity index (χ2n) is 5.07. The molecule has 0 aliphatic rings. The van der Waals surface area contributed by atoms with Crippen molar-refractivity contribution in [1.29, 1.82) is 5.26 Å². The van der Waals surface area contributed by atoms with Gasteiger partial charge in [0.15, 0.2) is 0 Å². The van der Waals surface area contributed by atoms with Gasteiger partial charge in [0.05, 0.1) is 12.1 Å². The Hall–Kier alpha value is -0.890. The molecule has 0 radical (unpaired) electrons. The minimum atomic E-state index is -0.000192. The Kier molecular flexibility index (Phi) is 6.50. The van der Waals surface area contributed by atoms with Gasteiger partial charge >= 0.3 is 0 Å². The summed E-state index contributed by atoms with van der Waals surface area (Å²) in [6.45, 7) is 7.04. The molecule has 1 rings (SSSR count). The topological polar surface area (TPSA) is 53.0 Å². The summed E-state index contributed by atoms with van der Waals surface area (Å²) in [4.78, 5) is 2.30. The lowest BCUT2D eigenvalue weighted by Crippen LogP contribution is -2.43. The number of hydrogen-bond acceptors (Lipinski definition) is 3. The first-order chi connectivity index (χ1) is 8.99. The lowest BCUT2D eigenvalue weighted by molar-refractivity contribution is 0.139. The molecule has 0 aliphatic heterocycles. The number of nitrogens with zero attached hydrogens (tertiary/aromatic N) is 2. The van der Waals surface area contributed by atoms with Gasteiger partial charge in [-0.15, -0.1) is 0 Å². The molecule has 3 nitrogen and oxygen atoms in total. The van der Waals surface area contributed by atoms with Crippen LogP contribution in [0.25, 0.3) is 0 Å².